The predicted octanol–water partition coefficient (Wildman–Crippen LogP) is 2.27. The fourth-order valence-corrected chi connectivity index (χ4v) is 1.71. The van der Waals surface area contributed by atoms with Crippen LogP contribution in [0, 0.1) is 0 Å². The largest absolute Gasteiger partial charge is 0.391 e. The van der Waals surface area contributed by atoms with Crippen molar-refractivity contribution in [3.8, 4) is 0 Å². The number of hydrogen-bond donors (Lipinski definition) is 1. The van der Waals surface area contributed by atoms with E-state index in [0.717, 1.165) is 12.8 Å². The van der Waals surface area contributed by atoms with Crippen LogP contribution in [0.1, 0.15) is 40.5 Å². The molecule has 1 aliphatic heterocycles. The fourth-order valence-electron chi connectivity index (χ4n) is 1.71. The van der Waals surface area contributed by atoms with Crippen molar-refractivity contribution in [3.05, 3.63) is 11.6 Å². The van der Waals surface area contributed by atoms with Crippen molar-refractivity contribution in [1.29, 1.82) is 0 Å². The molecule has 0 unspecified atom stereocenters. The lowest BCUT2D eigenvalue weighted by atomic mass is 9.98. The summed E-state index contributed by atoms with van der Waals surface area (Å²) in [5, 5.41) is 9.30. The number of ether oxygens (including phenoxy) is 1. The number of epoxide rings is 1. The van der Waals surface area contributed by atoms with Crippen molar-refractivity contribution in [2.24, 2.45) is 0 Å². The zero-order valence-electron chi connectivity index (χ0n) is 9.00. The molecule has 13 heavy (non-hydrogen) atoms. The van der Waals surface area contributed by atoms with Crippen LogP contribution in [-0.4, -0.2) is 22.9 Å². The molecule has 2 nitrogen and oxygen atoms in total. The van der Waals surface area contributed by atoms with E-state index in [2.05, 4.69) is 26.8 Å². The number of allylic oxidation sites excluding steroid dienone is 2. The molecule has 1 aliphatic rings. The molecule has 0 bridgehead atoms. The lowest BCUT2D eigenvalue weighted by molar-refractivity contribution is 0.152. The molecule has 0 saturated carbocycles. The van der Waals surface area contributed by atoms with Crippen molar-refractivity contribution < 1.29 is 9.84 Å². The Balaban J connectivity index is 2.28. The van der Waals surface area contributed by atoms with Crippen molar-refractivity contribution >= 4 is 0 Å². The minimum Gasteiger partial charge on any atom is -0.391 e. The number of aliphatic hydroxyl groups excluding tert-OH is 1. The first kappa shape index (κ1) is 10.7. The van der Waals surface area contributed by atoms with Crippen LogP contribution in [0.15, 0.2) is 11.6 Å². The molecular weight excluding hydrogens is 164 g/mol. The number of aliphatic hydroxyl groups is 1. The third-order valence-electron chi connectivity index (χ3n) is 2.57. The van der Waals surface area contributed by atoms with Crippen molar-refractivity contribution in [3.63, 3.8) is 0 Å². The van der Waals surface area contributed by atoms with Crippen LogP contribution in [0.2, 0.25) is 0 Å². The van der Waals surface area contributed by atoms with Gasteiger partial charge in [0.05, 0.1) is 11.7 Å². The van der Waals surface area contributed by atoms with Gasteiger partial charge in [-0.3, -0.25) is 0 Å². The van der Waals surface area contributed by atoms with Gasteiger partial charge in [0.25, 0.3) is 0 Å². The van der Waals surface area contributed by atoms with E-state index >= 15 is 0 Å². The molecule has 76 valence electrons. The zero-order valence-corrected chi connectivity index (χ0v) is 9.00. The summed E-state index contributed by atoms with van der Waals surface area (Å²) in [6.07, 6.45) is 3.98. The average molecular weight is 184 g/mol. The van der Waals surface area contributed by atoms with Gasteiger partial charge in [-0.25, -0.2) is 0 Å². The molecule has 1 N–H and O–H groups in total. The van der Waals surface area contributed by atoms with E-state index in [-0.39, 0.29) is 17.8 Å². The average Bonchev–Trinajstić information content (AvgIpc) is 2.62. The summed E-state index contributed by atoms with van der Waals surface area (Å²) in [5.74, 6) is 0. The third-order valence-corrected chi connectivity index (χ3v) is 2.57. The highest BCUT2D eigenvalue weighted by atomic mass is 16.6. The van der Waals surface area contributed by atoms with E-state index < -0.39 is 0 Å². The third kappa shape index (κ3) is 2.82. The van der Waals surface area contributed by atoms with Crippen molar-refractivity contribution in [2.45, 2.75) is 58.3 Å². The molecule has 0 aromatic carbocycles. The van der Waals surface area contributed by atoms with Gasteiger partial charge >= 0.3 is 0 Å². The van der Waals surface area contributed by atoms with Gasteiger partial charge in [0.2, 0.25) is 0 Å². The van der Waals surface area contributed by atoms with E-state index in [0.29, 0.717) is 0 Å². The van der Waals surface area contributed by atoms with Gasteiger partial charge < -0.3 is 9.84 Å². The highest BCUT2D eigenvalue weighted by molar-refractivity contribution is 5.04. The standard InChI is InChI=1S/C11H20O2/c1-8(2)6-5-7-11(4)10(13-11)9(3)12/h6,9-10,12H,5,7H2,1-4H3/t9-,10-,11-/m0/s1. The minimum absolute atomic E-state index is 0.0538. The summed E-state index contributed by atoms with van der Waals surface area (Å²) in [4.78, 5) is 0. The Morgan fingerprint density at radius 3 is 2.62 bits per heavy atom. The SMILES string of the molecule is CC(C)=CCC[C@]1(C)O[C@H]1[C@H](C)O. The molecule has 0 spiro atoms. The second-order valence-corrected chi connectivity index (χ2v) is 4.41. The number of rotatable bonds is 4. The van der Waals surface area contributed by atoms with E-state index in [1.165, 1.54) is 5.57 Å². The summed E-state index contributed by atoms with van der Waals surface area (Å²) in [7, 11) is 0. The molecule has 2 heteroatoms. The second-order valence-electron chi connectivity index (χ2n) is 4.41. The normalized spacial score (nSPS) is 34.1. The van der Waals surface area contributed by atoms with E-state index in [9.17, 15) is 5.11 Å². The van der Waals surface area contributed by atoms with Crippen LogP contribution in [0.4, 0.5) is 0 Å². The maximum atomic E-state index is 9.30. The zero-order chi connectivity index (χ0) is 10.1. The quantitative estimate of drug-likeness (QED) is 0.537. The summed E-state index contributed by atoms with van der Waals surface area (Å²) in [6, 6.07) is 0. The Hall–Kier alpha value is -0.340. The summed E-state index contributed by atoms with van der Waals surface area (Å²) >= 11 is 0. The van der Waals surface area contributed by atoms with Gasteiger partial charge in [-0.1, -0.05) is 11.6 Å². The lowest BCUT2D eigenvalue weighted by Gasteiger charge is -2.05. The van der Waals surface area contributed by atoms with Crippen LogP contribution in [0.25, 0.3) is 0 Å². The Kier molecular flexibility index (Phi) is 3.14. The van der Waals surface area contributed by atoms with Crippen LogP contribution in [-0.2, 0) is 4.74 Å². The molecule has 0 radical (unpaired) electrons. The van der Waals surface area contributed by atoms with Crippen LogP contribution < -0.4 is 0 Å². The molecule has 1 heterocycles. The smallest absolute Gasteiger partial charge is 0.113 e. The Labute approximate surface area is 80.6 Å². The summed E-state index contributed by atoms with van der Waals surface area (Å²) < 4.78 is 5.47. The fraction of sp³-hybridized carbons (Fsp3) is 0.818. The monoisotopic (exact) mass is 184 g/mol. The molecule has 1 rings (SSSR count). The summed E-state index contributed by atoms with van der Waals surface area (Å²) in [5.41, 5.74) is 1.28. The van der Waals surface area contributed by atoms with E-state index in [4.69, 9.17) is 4.74 Å². The molecule has 0 amide bonds. The van der Waals surface area contributed by atoms with E-state index in [1.807, 2.05) is 0 Å². The van der Waals surface area contributed by atoms with Gasteiger partial charge in [-0.2, -0.15) is 0 Å². The minimum atomic E-state index is -0.336. The highest BCUT2D eigenvalue weighted by Crippen LogP contribution is 2.42. The van der Waals surface area contributed by atoms with Gasteiger partial charge in [-0.15, -0.1) is 0 Å². The maximum Gasteiger partial charge on any atom is 0.113 e. The predicted molar refractivity (Wildman–Crippen MR) is 53.6 cm³/mol. The lowest BCUT2D eigenvalue weighted by Crippen LogP contribution is -2.19. The van der Waals surface area contributed by atoms with Crippen LogP contribution in [0.5, 0.6) is 0 Å². The Morgan fingerprint density at radius 1 is 1.62 bits per heavy atom. The Morgan fingerprint density at radius 2 is 2.23 bits per heavy atom. The molecular formula is C11H20O2. The Bertz CT molecular complexity index is 204. The van der Waals surface area contributed by atoms with Gasteiger partial charge in [0.1, 0.15) is 6.10 Å². The van der Waals surface area contributed by atoms with Gasteiger partial charge in [0, 0.05) is 0 Å². The van der Waals surface area contributed by atoms with E-state index in [1.54, 1.807) is 6.92 Å². The molecule has 3 atom stereocenters. The highest BCUT2D eigenvalue weighted by Gasteiger charge is 2.53. The first-order chi connectivity index (χ1) is 5.96. The summed E-state index contributed by atoms with van der Waals surface area (Å²) in [6.45, 7) is 8.06. The molecule has 1 saturated heterocycles. The topological polar surface area (TPSA) is 32.8 Å². The molecule has 1 fully saturated rings. The first-order valence-corrected chi connectivity index (χ1v) is 4.95. The molecule has 0 aromatic rings. The maximum absolute atomic E-state index is 9.30. The van der Waals surface area contributed by atoms with Gasteiger partial charge in [0.15, 0.2) is 0 Å². The van der Waals surface area contributed by atoms with Gasteiger partial charge in [-0.05, 0) is 40.5 Å². The van der Waals surface area contributed by atoms with Crippen molar-refractivity contribution in [2.75, 3.05) is 0 Å². The number of hydrogen-bond acceptors (Lipinski definition) is 2. The first-order valence-electron chi connectivity index (χ1n) is 4.95. The van der Waals surface area contributed by atoms with Crippen LogP contribution in [0.3, 0.4) is 0 Å². The van der Waals surface area contributed by atoms with Crippen LogP contribution >= 0.6 is 0 Å². The molecule has 0 aromatic heterocycles. The second kappa shape index (κ2) is 3.81. The van der Waals surface area contributed by atoms with Crippen molar-refractivity contribution in [1.82, 2.24) is 0 Å². The molecule has 0 aliphatic carbocycles.